The molecule has 0 bridgehead atoms. The summed E-state index contributed by atoms with van der Waals surface area (Å²) >= 11 is 0. The number of carbonyl (C=O) groups excluding carboxylic acids is 1. The molecule has 0 spiro atoms. The van der Waals surface area contributed by atoms with Crippen molar-refractivity contribution < 1.29 is 27.8 Å². The third kappa shape index (κ3) is 5.93. The van der Waals surface area contributed by atoms with Gasteiger partial charge in [0.2, 0.25) is 0 Å². The lowest BCUT2D eigenvalue weighted by atomic mass is 9.77. The van der Waals surface area contributed by atoms with Crippen LogP contribution >= 0.6 is 0 Å². The lowest BCUT2D eigenvalue weighted by Gasteiger charge is -2.31. The standard InChI is InChI=1S/C21H25F3N2O3/c1-19(2,3)29-18(28)26-15-10-11-16(25-12-15)17(27)20(4,5)13-6-8-14(9-7-13)21(22,23)24/h6-12,17,27H,1-5H3,(H,26,28). The zero-order valence-electron chi connectivity index (χ0n) is 17.0. The van der Waals surface area contributed by atoms with Gasteiger partial charge in [-0.3, -0.25) is 10.3 Å². The van der Waals surface area contributed by atoms with Gasteiger partial charge in [0.15, 0.2) is 0 Å². The molecule has 0 radical (unpaired) electrons. The molecule has 1 aromatic heterocycles. The molecule has 0 aliphatic heterocycles. The minimum Gasteiger partial charge on any atom is -0.444 e. The average molecular weight is 410 g/mol. The molecule has 2 aromatic rings. The fourth-order valence-electron chi connectivity index (χ4n) is 2.68. The summed E-state index contributed by atoms with van der Waals surface area (Å²) in [4.78, 5) is 16.0. The number of halogens is 3. The summed E-state index contributed by atoms with van der Waals surface area (Å²) in [6.45, 7) is 8.67. The second kappa shape index (κ2) is 8.02. The smallest absolute Gasteiger partial charge is 0.416 e. The van der Waals surface area contributed by atoms with Crippen LogP contribution in [0.1, 0.15) is 57.5 Å². The number of hydrogen-bond acceptors (Lipinski definition) is 4. The van der Waals surface area contributed by atoms with E-state index >= 15 is 0 Å². The Morgan fingerprint density at radius 3 is 2.00 bits per heavy atom. The molecule has 2 rings (SSSR count). The highest BCUT2D eigenvalue weighted by Gasteiger charge is 2.34. The van der Waals surface area contributed by atoms with Crippen molar-refractivity contribution in [3.05, 3.63) is 59.4 Å². The van der Waals surface area contributed by atoms with Crippen LogP contribution in [-0.2, 0) is 16.3 Å². The highest BCUT2D eigenvalue weighted by atomic mass is 19.4. The van der Waals surface area contributed by atoms with Crippen molar-refractivity contribution in [1.29, 1.82) is 0 Å². The molecule has 1 amide bonds. The van der Waals surface area contributed by atoms with Gasteiger partial charge in [0.1, 0.15) is 11.7 Å². The van der Waals surface area contributed by atoms with Crippen LogP contribution in [0.5, 0.6) is 0 Å². The Hall–Kier alpha value is -2.61. The third-order valence-corrected chi connectivity index (χ3v) is 4.35. The first-order valence-corrected chi connectivity index (χ1v) is 9.02. The molecular formula is C21H25F3N2O3. The van der Waals surface area contributed by atoms with Crippen molar-refractivity contribution in [1.82, 2.24) is 4.98 Å². The Morgan fingerprint density at radius 2 is 1.55 bits per heavy atom. The Kier molecular flexibility index (Phi) is 6.27. The number of aliphatic hydroxyl groups excluding tert-OH is 1. The molecule has 0 saturated heterocycles. The van der Waals surface area contributed by atoms with Gasteiger partial charge in [0.05, 0.1) is 23.1 Å². The van der Waals surface area contributed by atoms with E-state index in [2.05, 4.69) is 10.3 Å². The number of aromatic nitrogens is 1. The molecule has 1 atom stereocenters. The van der Waals surface area contributed by atoms with Crippen LogP contribution in [0.15, 0.2) is 42.6 Å². The third-order valence-electron chi connectivity index (χ3n) is 4.35. The maximum Gasteiger partial charge on any atom is 0.416 e. The van der Waals surface area contributed by atoms with E-state index in [4.69, 9.17) is 4.74 Å². The first kappa shape index (κ1) is 22.7. The fraction of sp³-hybridized carbons (Fsp3) is 0.429. The fourth-order valence-corrected chi connectivity index (χ4v) is 2.68. The van der Waals surface area contributed by atoms with Crippen molar-refractivity contribution in [3.8, 4) is 0 Å². The molecule has 29 heavy (non-hydrogen) atoms. The molecule has 0 saturated carbocycles. The normalized spacial score (nSPS) is 13.7. The van der Waals surface area contributed by atoms with Gasteiger partial charge in [-0.1, -0.05) is 26.0 Å². The van der Waals surface area contributed by atoms with Gasteiger partial charge in [0.25, 0.3) is 0 Å². The quantitative estimate of drug-likeness (QED) is 0.702. The van der Waals surface area contributed by atoms with Crippen LogP contribution in [0.2, 0.25) is 0 Å². The van der Waals surface area contributed by atoms with Crippen molar-refractivity contribution in [3.63, 3.8) is 0 Å². The number of nitrogens with one attached hydrogen (secondary N) is 1. The molecule has 0 aliphatic carbocycles. The zero-order chi connectivity index (χ0) is 22.0. The Labute approximate surface area is 167 Å². The van der Waals surface area contributed by atoms with E-state index in [9.17, 15) is 23.1 Å². The van der Waals surface area contributed by atoms with E-state index in [-0.39, 0.29) is 0 Å². The van der Waals surface area contributed by atoms with Crippen LogP contribution < -0.4 is 5.32 Å². The maximum absolute atomic E-state index is 12.8. The van der Waals surface area contributed by atoms with E-state index in [1.807, 2.05) is 0 Å². The Morgan fingerprint density at radius 1 is 1.00 bits per heavy atom. The molecule has 0 aliphatic rings. The van der Waals surface area contributed by atoms with E-state index in [0.29, 0.717) is 16.9 Å². The number of aliphatic hydroxyl groups is 1. The second-order valence-electron chi connectivity index (χ2n) is 8.30. The number of benzene rings is 1. The first-order chi connectivity index (χ1) is 13.2. The largest absolute Gasteiger partial charge is 0.444 e. The van der Waals surface area contributed by atoms with E-state index in [0.717, 1.165) is 12.1 Å². The van der Waals surface area contributed by atoms with Crippen LogP contribution in [0, 0.1) is 0 Å². The molecular weight excluding hydrogens is 385 g/mol. The number of nitrogens with zero attached hydrogens (tertiary/aromatic N) is 1. The van der Waals surface area contributed by atoms with Gasteiger partial charge in [-0.25, -0.2) is 4.79 Å². The summed E-state index contributed by atoms with van der Waals surface area (Å²) in [5, 5.41) is 13.3. The van der Waals surface area contributed by atoms with Crippen LogP contribution in [0.4, 0.5) is 23.7 Å². The highest BCUT2D eigenvalue weighted by molar-refractivity contribution is 5.84. The Bertz CT molecular complexity index is 839. The topological polar surface area (TPSA) is 71.5 Å². The van der Waals surface area contributed by atoms with E-state index in [1.54, 1.807) is 46.8 Å². The maximum atomic E-state index is 12.8. The molecule has 2 N–H and O–H groups in total. The number of amides is 1. The van der Waals surface area contributed by atoms with Gasteiger partial charge >= 0.3 is 12.3 Å². The molecule has 1 aromatic carbocycles. The SMILES string of the molecule is CC(C)(C)OC(=O)Nc1ccc(C(O)C(C)(C)c2ccc(C(F)(F)F)cc2)nc1. The first-order valence-electron chi connectivity index (χ1n) is 9.02. The zero-order valence-corrected chi connectivity index (χ0v) is 17.0. The molecule has 5 nitrogen and oxygen atoms in total. The van der Waals surface area contributed by atoms with Gasteiger partial charge in [-0.15, -0.1) is 0 Å². The van der Waals surface area contributed by atoms with Crippen molar-refractivity contribution in [2.24, 2.45) is 0 Å². The number of ether oxygens (including phenoxy) is 1. The lowest BCUT2D eigenvalue weighted by Crippen LogP contribution is -2.28. The minimum atomic E-state index is -4.42. The van der Waals surface area contributed by atoms with Crippen molar-refractivity contribution in [2.75, 3.05) is 5.32 Å². The van der Waals surface area contributed by atoms with Crippen LogP contribution in [-0.4, -0.2) is 21.8 Å². The minimum absolute atomic E-state index is 0.324. The molecule has 1 unspecified atom stereocenters. The predicted octanol–water partition coefficient (Wildman–Crippen LogP) is 5.46. The summed E-state index contributed by atoms with van der Waals surface area (Å²) in [6, 6.07) is 7.80. The van der Waals surface area contributed by atoms with Gasteiger partial charge in [0, 0.05) is 5.41 Å². The molecule has 1 heterocycles. The summed E-state index contributed by atoms with van der Waals surface area (Å²) in [6.07, 6.45) is -4.74. The van der Waals surface area contributed by atoms with Gasteiger partial charge < -0.3 is 9.84 Å². The molecule has 0 fully saturated rings. The lowest BCUT2D eigenvalue weighted by molar-refractivity contribution is -0.137. The monoisotopic (exact) mass is 410 g/mol. The van der Waals surface area contributed by atoms with Crippen LogP contribution in [0.3, 0.4) is 0 Å². The number of carbonyl (C=O) groups is 1. The van der Waals surface area contributed by atoms with Gasteiger partial charge in [-0.05, 0) is 50.6 Å². The second-order valence-corrected chi connectivity index (χ2v) is 8.30. The number of hydrogen-bond donors (Lipinski definition) is 2. The van der Waals surface area contributed by atoms with E-state index in [1.165, 1.54) is 18.3 Å². The van der Waals surface area contributed by atoms with Gasteiger partial charge in [-0.2, -0.15) is 13.2 Å². The average Bonchev–Trinajstić information content (AvgIpc) is 2.59. The van der Waals surface area contributed by atoms with E-state index < -0.39 is 35.0 Å². The van der Waals surface area contributed by atoms with Crippen molar-refractivity contribution in [2.45, 2.75) is 57.9 Å². The number of pyridine rings is 1. The summed E-state index contributed by atoms with van der Waals surface area (Å²) < 4.78 is 43.4. The highest BCUT2D eigenvalue weighted by Crippen LogP contribution is 2.38. The van der Waals surface area contributed by atoms with Crippen molar-refractivity contribution >= 4 is 11.8 Å². The predicted molar refractivity (Wildman–Crippen MR) is 104 cm³/mol. The summed E-state index contributed by atoms with van der Waals surface area (Å²) in [5.41, 5.74) is -1.03. The summed E-state index contributed by atoms with van der Waals surface area (Å²) in [5.74, 6) is 0. The molecule has 158 valence electrons. The number of alkyl halides is 3. The summed E-state index contributed by atoms with van der Waals surface area (Å²) in [7, 11) is 0. The molecule has 8 heteroatoms. The number of anilines is 1. The van der Waals surface area contributed by atoms with Crippen LogP contribution in [0.25, 0.3) is 0 Å². The Balaban J connectivity index is 2.14. The number of rotatable bonds is 4.